The van der Waals surface area contributed by atoms with Crippen molar-refractivity contribution in [3.63, 3.8) is 0 Å². The Morgan fingerprint density at radius 3 is 2.56 bits per heavy atom. The number of nitrogens with one attached hydrogen (secondary N) is 2. The zero-order valence-electron chi connectivity index (χ0n) is 11.6. The smallest absolute Gasteiger partial charge is 0.228 e. The first kappa shape index (κ1) is 17.7. The van der Waals surface area contributed by atoms with E-state index in [0.29, 0.717) is 6.61 Å². The van der Waals surface area contributed by atoms with Crippen molar-refractivity contribution in [2.75, 3.05) is 33.4 Å². The zero-order chi connectivity index (χ0) is 12.6. The average molecular weight is 279 g/mol. The molecule has 0 aromatic heterocycles. The van der Waals surface area contributed by atoms with E-state index in [1.807, 2.05) is 0 Å². The molecular weight excluding hydrogens is 252 g/mol. The predicted molar refractivity (Wildman–Crippen MR) is 76.2 cm³/mol. The Kier molecular flexibility index (Phi) is 9.42. The van der Waals surface area contributed by atoms with Crippen LogP contribution in [0.25, 0.3) is 0 Å². The Morgan fingerprint density at radius 1 is 1.33 bits per heavy atom. The highest BCUT2D eigenvalue weighted by molar-refractivity contribution is 5.85. The van der Waals surface area contributed by atoms with Crippen LogP contribution in [0.1, 0.15) is 39.0 Å². The summed E-state index contributed by atoms with van der Waals surface area (Å²) >= 11 is 0. The van der Waals surface area contributed by atoms with Gasteiger partial charge in [-0.15, -0.1) is 12.4 Å². The normalized spacial score (nSPS) is 17.9. The number of carbonyl (C=O) groups is 1. The van der Waals surface area contributed by atoms with Crippen molar-refractivity contribution in [3.05, 3.63) is 0 Å². The number of unbranched alkanes of at least 4 members (excludes halogenated alkanes) is 2. The Hall–Kier alpha value is -0.320. The van der Waals surface area contributed by atoms with E-state index in [1.165, 1.54) is 12.8 Å². The van der Waals surface area contributed by atoms with Crippen molar-refractivity contribution in [2.45, 2.75) is 39.0 Å². The maximum Gasteiger partial charge on any atom is 0.228 e. The molecule has 1 saturated heterocycles. The van der Waals surface area contributed by atoms with Crippen LogP contribution in [-0.4, -0.2) is 39.3 Å². The summed E-state index contributed by atoms with van der Waals surface area (Å²) in [5.41, 5.74) is -0.299. The number of hydrogen-bond acceptors (Lipinski definition) is 3. The summed E-state index contributed by atoms with van der Waals surface area (Å²) in [6.07, 6.45) is 5.19. The lowest BCUT2D eigenvalue weighted by atomic mass is 9.78. The Morgan fingerprint density at radius 2 is 2.00 bits per heavy atom. The molecule has 2 N–H and O–H groups in total. The molecule has 5 heteroatoms. The second-order valence-electron chi connectivity index (χ2n) is 4.93. The molecule has 0 bridgehead atoms. The van der Waals surface area contributed by atoms with E-state index in [1.54, 1.807) is 7.11 Å². The molecule has 0 atom stereocenters. The summed E-state index contributed by atoms with van der Waals surface area (Å²) in [4.78, 5) is 12.3. The lowest BCUT2D eigenvalue weighted by molar-refractivity contribution is -0.136. The second kappa shape index (κ2) is 9.59. The quantitative estimate of drug-likeness (QED) is 0.698. The van der Waals surface area contributed by atoms with Crippen molar-refractivity contribution in [1.82, 2.24) is 10.6 Å². The highest BCUT2D eigenvalue weighted by atomic mass is 35.5. The minimum absolute atomic E-state index is 0. The van der Waals surface area contributed by atoms with Crippen molar-refractivity contribution in [3.8, 4) is 0 Å². The monoisotopic (exact) mass is 278 g/mol. The molecule has 1 amide bonds. The van der Waals surface area contributed by atoms with Crippen molar-refractivity contribution >= 4 is 18.3 Å². The Labute approximate surface area is 117 Å². The van der Waals surface area contributed by atoms with E-state index in [4.69, 9.17) is 4.74 Å². The first-order chi connectivity index (χ1) is 8.25. The third-order valence-electron chi connectivity index (χ3n) is 3.53. The molecule has 1 fully saturated rings. The van der Waals surface area contributed by atoms with Gasteiger partial charge in [-0.1, -0.05) is 19.8 Å². The molecule has 1 aliphatic rings. The molecule has 4 nitrogen and oxygen atoms in total. The van der Waals surface area contributed by atoms with Crippen LogP contribution in [0.15, 0.2) is 0 Å². The van der Waals surface area contributed by atoms with E-state index < -0.39 is 0 Å². The number of hydrogen-bond donors (Lipinski definition) is 2. The van der Waals surface area contributed by atoms with Gasteiger partial charge in [0.05, 0.1) is 12.0 Å². The highest BCUT2D eigenvalue weighted by Crippen LogP contribution is 2.29. The van der Waals surface area contributed by atoms with Gasteiger partial charge in [-0.2, -0.15) is 0 Å². The molecule has 18 heavy (non-hydrogen) atoms. The Bertz CT molecular complexity index is 226. The number of halogens is 1. The van der Waals surface area contributed by atoms with E-state index in [0.717, 1.165) is 38.9 Å². The first-order valence-corrected chi connectivity index (χ1v) is 6.73. The van der Waals surface area contributed by atoms with Crippen LogP contribution < -0.4 is 10.6 Å². The summed E-state index contributed by atoms with van der Waals surface area (Å²) in [6, 6.07) is 0. The minimum atomic E-state index is -0.299. The summed E-state index contributed by atoms with van der Waals surface area (Å²) < 4.78 is 5.24. The lowest BCUT2D eigenvalue weighted by Crippen LogP contribution is -2.50. The maximum absolute atomic E-state index is 12.3. The van der Waals surface area contributed by atoms with Gasteiger partial charge in [0, 0.05) is 13.7 Å². The highest BCUT2D eigenvalue weighted by Gasteiger charge is 2.39. The standard InChI is InChI=1S/C13H26N2O2.ClH/c1-3-4-5-8-15-12(16)13(11-17-2)6-9-14-10-7-13;/h14H,3-11H2,1-2H3,(H,15,16);1H. The summed E-state index contributed by atoms with van der Waals surface area (Å²) in [6.45, 7) is 5.32. The van der Waals surface area contributed by atoms with Gasteiger partial charge in [0.2, 0.25) is 5.91 Å². The minimum Gasteiger partial charge on any atom is -0.384 e. The van der Waals surface area contributed by atoms with Crippen molar-refractivity contribution in [1.29, 1.82) is 0 Å². The third-order valence-corrected chi connectivity index (χ3v) is 3.53. The van der Waals surface area contributed by atoms with Crippen LogP contribution in [0.4, 0.5) is 0 Å². The second-order valence-corrected chi connectivity index (χ2v) is 4.93. The van der Waals surface area contributed by atoms with Crippen molar-refractivity contribution < 1.29 is 9.53 Å². The average Bonchev–Trinajstić information content (AvgIpc) is 2.36. The summed E-state index contributed by atoms with van der Waals surface area (Å²) in [5, 5.41) is 6.36. The number of rotatable bonds is 7. The van der Waals surface area contributed by atoms with Gasteiger partial charge in [0.25, 0.3) is 0 Å². The molecule has 0 aromatic carbocycles. The molecule has 0 saturated carbocycles. The third kappa shape index (κ3) is 5.12. The van der Waals surface area contributed by atoms with E-state index in [2.05, 4.69) is 17.6 Å². The lowest BCUT2D eigenvalue weighted by Gasteiger charge is -2.35. The fraction of sp³-hybridized carbons (Fsp3) is 0.923. The molecule has 1 aliphatic heterocycles. The van der Waals surface area contributed by atoms with Crippen LogP contribution in [-0.2, 0) is 9.53 Å². The molecule has 0 aliphatic carbocycles. The molecule has 0 spiro atoms. The van der Waals surface area contributed by atoms with Crippen LogP contribution in [0, 0.1) is 5.41 Å². The predicted octanol–water partition coefficient (Wildman–Crippen LogP) is 1.73. The van der Waals surface area contributed by atoms with Crippen LogP contribution >= 0.6 is 12.4 Å². The zero-order valence-corrected chi connectivity index (χ0v) is 12.4. The van der Waals surface area contributed by atoms with E-state index >= 15 is 0 Å². The van der Waals surface area contributed by atoms with Crippen LogP contribution in [0.3, 0.4) is 0 Å². The van der Waals surface area contributed by atoms with Gasteiger partial charge in [-0.3, -0.25) is 4.79 Å². The largest absolute Gasteiger partial charge is 0.384 e. The number of ether oxygens (including phenoxy) is 1. The van der Waals surface area contributed by atoms with E-state index in [9.17, 15) is 4.79 Å². The number of piperidine rings is 1. The first-order valence-electron chi connectivity index (χ1n) is 6.73. The van der Waals surface area contributed by atoms with Crippen LogP contribution in [0.2, 0.25) is 0 Å². The fourth-order valence-electron chi connectivity index (χ4n) is 2.38. The summed E-state index contributed by atoms with van der Waals surface area (Å²) in [7, 11) is 1.67. The number of carbonyl (C=O) groups excluding carboxylic acids is 1. The molecule has 0 radical (unpaired) electrons. The van der Waals surface area contributed by atoms with Gasteiger partial charge >= 0.3 is 0 Å². The molecule has 0 aromatic rings. The molecule has 108 valence electrons. The van der Waals surface area contributed by atoms with Gasteiger partial charge < -0.3 is 15.4 Å². The molecule has 1 heterocycles. The van der Waals surface area contributed by atoms with Gasteiger partial charge in [-0.25, -0.2) is 0 Å². The molecule has 0 unspecified atom stereocenters. The van der Waals surface area contributed by atoms with Gasteiger partial charge in [0.1, 0.15) is 0 Å². The SMILES string of the molecule is CCCCCNC(=O)C1(COC)CCNCC1.Cl. The van der Waals surface area contributed by atoms with Gasteiger partial charge in [0.15, 0.2) is 0 Å². The summed E-state index contributed by atoms with van der Waals surface area (Å²) in [5.74, 6) is 0.178. The molecular formula is C13H27ClN2O2. The van der Waals surface area contributed by atoms with Gasteiger partial charge in [-0.05, 0) is 32.4 Å². The fourth-order valence-corrected chi connectivity index (χ4v) is 2.38. The number of methoxy groups -OCH3 is 1. The number of amides is 1. The Balaban J connectivity index is 0.00000289. The topological polar surface area (TPSA) is 50.4 Å². The molecule has 1 rings (SSSR count). The van der Waals surface area contributed by atoms with Crippen LogP contribution in [0.5, 0.6) is 0 Å². The van der Waals surface area contributed by atoms with E-state index in [-0.39, 0.29) is 23.7 Å². The van der Waals surface area contributed by atoms with Crippen molar-refractivity contribution in [2.24, 2.45) is 5.41 Å². The maximum atomic E-state index is 12.3.